The van der Waals surface area contributed by atoms with E-state index in [1.54, 1.807) is 0 Å². The number of aromatic nitrogens is 1. The Kier molecular flexibility index (Phi) is 6.97. The largest absolute Gasteiger partial charge is 0.357 e. The molecule has 0 radical (unpaired) electrons. The summed E-state index contributed by atoms with van der Waals surface area (Å²) in [6, 6.07) is 8.03. The summed E-state index contributed by atoms with van der Waals surface area (Å²) in [6.07, 6.45) is 5.02. The van der Waals surface area contributed by atoms with Crippen molar-refractivity contribution in [1.29, 1.82) is 0 Å². The molecule has 1 aromatic heterocycles. The number of pyridine rings is 1. The molecule has 0 saturated carbocycles. The average Bonchev–Trinajstić information content (AvgIpc) is 2.79. The minimum Gasteiger partial charge on any atom is -0.357 e. The number of benzene rings is 1. The zero-order chi connectivity index (χ0) is 22.7. The molecule has 0 aliphatic carbocycles. The van der Waals surface area contributed by atoms with Crippen LogP contribution in [-0.2, 0) is 9.59 Å². The number of aryl methyl sites for hydroxylation is 1. The fourth-order valence-corrected chi connectivity index (χ4v) is 4.71. The monoisotopic (exact) mass is 436 g/mol. The molecule has 2 aliphatic rings. The van der Waals surface area contributed by atoms with Crippen LogP contribution in [0.2, 0.25) is 0 Å². The summed E-state index contributed by atoms with van der Waals surface area (Å²) >= 11 is 0. The molecule has 6 heteroatoms. The maximum absolute atomic E-state index is 12.5. The van der Waals surface area contributed by atoms with Gasteiger partial charge in [-0.1, -0.05) is 13.8 Å². The maximum Gasteiger partial charge on any atom is 0.224 e. The smallest absolute Gasteiger partial charge is 0.224 e. The number of likely N-dealkylation sites (tertiary alicyclic amines) is 1. The highest BCUT2D eigenvalue weighted by atomic mass is 16.2. The van der Waals surface area contributed by atoms with Crippen LogP contribution in [0.15, 0.2) is 24.3 Å². The normalized spacial score (nSPS) is 18.2. The SMILES string of the molecule is Cc1cc(N2CCC(C)CC2)nc2ccc(NC(=O)CCC(=O)N3CCC(C)CC3)cc12. The maximum atomic E-state index is 12.5. The molecule has 0 spiro atoms. The van der Waals surface area contributed by atoms with E-state index in [9.17, 15) is 9.59 Å². The van der Waals surface area contributed by atoms with Crippen LogP contribution in [0, 0.1) is 18.8 Å². The molecule has 2 saturated heterocycles. The molecule has 0 atom stereocenters. The second kappa shape index (κ2) is 9.88. The van der Waals surface area contributed by atoms with E-state index < -0.39 is 0 Å². The van der Waals surface area contributed by atoms with Crippen molar-refractivity contribution in [1.82, 2.24) is 9.88 Å². The van der Waals surface area contributed by atoms with Crippen LogP contribution < -0.4 is 10.2 Å². The van der Waals surface area contributed by atoms with Crippen LogP contribution in [0.4, 0.5) is 11.5 Å². The molecule has 0 bridgehead atoms. The van der Waals surface area contributed by atoms with E-state index in [-0.39, 0.29) is 24.7 Å². The minimum atomic E-state index is -0.118. The van der Waals surface area contributed by atoms with Crippen molar-refractivity contribution in [3.8, 4) is 0 Å². The quantitative estimate of drug-likeness (QED) is 0.734. The molecule has 3 heterocycles. The van der Waals surface area contributed by atoms with Gasteiger partial charge in [0.25, 0.3) is 0 Å². The zero-order valence-corrected chi connectivity index (χ0v) is 19.7. The van der Waals surface area contributed by atoms with E-state index in [1.807, 2.05) is 23.1 Å². The van der Waals surface area contributed by atoms with E-state index in [4.69, 9.17) is 4.98 Å². The molecule has 4 rings (SSSR count). The molecule has 1 aromatic carbocycles. The highest BCUT2D eigenvalue weighted by molar-refractivity contribution is 5.96. The Morgan fingerprint density at radius 1 is 0.969 bits per heavy atom. The summed E-state index contributed by atoms with van der Waals surface area (Å²) in [5.41, 5.74) is 2.87. The first-order valence-corrected chi connectivity index (χ1v) is 12.1. The predicted octanol–water partition coefficient (Wildman–Crippen LogP) is 4.76. The van der Waals surface area contributed by atoms with Crippen LogP contribution in [0.25, 0.3) is 10.9 Å². The Labute approximate surface area is 191 Å². The van der Waals surface area contributed by atoms with Gasteiger partial charge in [-0.25, -0.2) is 4.98 Å². The summed E-state index contributed by atoms with van der Waals surface area (Å²) in [6.45, 7) is 10.4. The minimum absolute atomic E-state index is 0.0882. The number of rotatable bonds is 5. The highest BCUT2D eigenvalue weighted by Gasteiger charge is 2.21. The Hall–Kier alpha value is -2.63. The van der Waals surface area contributed by atoms with Gasteiger partial charge in [-0.3, -0.25) is 9.59 Å². The van der Waals surface area contributed by atoms with Gasteiger partial charge in [0.05, 0.1) is 5.52 Å². The van der Waals surface area contributed by atoms with Gasteiger partial charge in [0.15, 0.2) is 0 Å². The Morgan fingerprint density at radius 3 is 2.31 bits per heavy atom. The van der Waals surface area contributed by atoms with E-state index in [1.165, 1.54) is 12.8 Å². The zero-order valence-electron chi connectivity index (χ0n) is 19.7. The van der Waals surface area contributed by atoms with E-state index in [0.29, 0.717) is 5.92 Å². The summed E-state index contributed by atoms with van der Waals surface area (Å²) in [7, 11) is 0. The molecule has 6 nitrogen and oxygen atoms in total. The number of fused-ring (bicyclic) bond motifs is 1. The summed E-state index contributed by atoms with van der Waals surface area (Å²) in [5, 5.41) is 4.01. The van der Waals surface area contributed by atoms with Gasteiger partial charge < -0.3 is 15.1 Å². The second-order valence-corrected chi connectivity index (χ2v) is 9.81. The van der Waals surface area contributed by atoms with Crippen LogP contribution in [0.3, 0.4) is 0 Å². The standard InChI is InChI=1S/C26H36N4O2/c1-18-8-12-29(13-9-18)24-16-20(3)22-17-21(4-5-23(22)28-24)27-25(31)6-7-26(32)30-14-10-19(2)11-15-30/h4-5,16-19H,6-15H2,1-3H3,(H,27,31). The van der Waals surface area contributed by atoms with Crippen molar-refractivity contribution in [2.75, 3.05) is 36.4 Å². The molecule has 172 valence electrons. The van der Waals surface area contributed by atoms with Gasteiger partial charge in [-0.15, -0.1) is 0 Å². The number of hydrogen-bond acceptors (Lipinski definition) is 4. The number of amides is 2. The lowest BCUT2D eigenvalue weighted by Gasteiger charge is -2.31. The average molecular weight is 437 g/mol. The van der Waals surface area contributed by atoms with Gasteiger partial charge in [0.1, 0.15) is 5.82 Å². The second-order valence-electron chi connectivity index (χ2n) is 9.81. The third-order valence-electron chi connectivity index (χ3n) is 7.10. The van der Waals surface area contributed by atoms with Crippen LogP contribution in [0.5, 0.6) is 0 Å². The number of carbonyl (C=O) groups is 2. The lowest BCUT2D eigenvalue weighted by atomic mass is 9.99. The number of carbonyl (C=O) groups excluding carboxylic acids is 2. The van der Waals surface area contributed by atoms with Gasteiger partial charge >= 0.3 is 0 Å². The third-order valence-corrected chi connectivity index (χ3v) is 7.10. The lowest BCUT2D eigenvalue weighted by molar-refractivity contribution is -0.134. The van der Waals surface area contributed by atoms with Crippen molar-refractivity contribution >= 4 is 34.2 Å². The van der Waals surface area contributed by atoms with Crippen molar-refractivity contribution < 1.29 is 9.59 Å². The molecule has 2 aromatic rings. The van der Waals surface area contributed by atoms with Gasteiger partial charge in [-0.2, -0.15) is 0 Å². The van der Waals surface area contributed by atoms with Crippen LogP contribution in [-0.4, -0.2) is 47.9 Å². The molecule has 2 fully saturated rings. The third kappa shape index (κ3) is 5.40. The molecule has 2 aliphatic heterocycles. The summed E-state index contributed by atoms with van der Waals surface area (Å²) in [5.74, 6) is 2.49. The van der Waals surface area contributed by atoms with E-state index >= 15 is 0 Å². The van der Waals surface area contributed by atoms with Gasteiger partial charge in [-0.05, 0) is 74.3 Å². The fraction of sp³-hybridized carbons (Fsp3) is 0.577. The Morgan fingerprint density at radius 2 is 1.62 bits per heavy atom. The van der Waals surface area contributed by atoms with Gasteiger partial charge in [0.2, 0.25) is 11.8 Å². The Balaban J connectivity index is 1.36. The molecular weight excluding hydrogens is 400 g/mol. The number of piperidine rings is 2. The molecule has 1 N–H and O–H groups in total. The topological polar surface area (TPSA) is 65.5 Å². The number of nitrogens with zero attached hydrogens (tertiary/aromatic N) is 3. The first kappa shape index (κ1) is 22.6. The van der Waals surface area contributed by atoms with Gasteiger partial charge in [0, 0.05) is 50.1 Å². The first-order valence-electron chi connectivity index (χ1n) is 12.1. The Bertz CT molecular complexity index is 973. The first-order chi connectivity index (χ1) is 15.4. The number of nitrogens with one attached hydrogen (secondary N) is 1. The fourth-order valence-electron chi connectivity index (χ4n) is 4.71. The lowest BCUT2D eigenvalue weighted by Crippen LogP contribution is -2.38. The van der Waals surface area contributed by atoms with Crippen LogP contribution >= 0.6 is 0 Å². The number of anilines is 2. The summed E-state index contributed by atoms with van der Waals surface area (Å²) < 4.78 is 0. The van der Waals surface area contributed by atoms with E-state index in [2.05, 4.69) is 37.1 Å². The van der Waals surface area contributed by atoms with Crippen molar-refractivity contribution in [2.24, 2.45) is 11.8 Å². The van der Waals surface area contributed by atoms with Crippen molar-refractivity contribution in [3.63, 3.8) is 0 Å². The van der Waals surface area contributed by atoms with E-state index in [0.717, 1.165) is 72.9 Å². The summed E-state index contributed by atoms with van der Waals surface area (Å²) in [4.78, 5) is 34.0. The van der Waals surface area contributed by atoms with Crippen molar-refractivity contribution in [3.05, 3.63) is 29.8 Å². The molecule has 0 unspecified atom stereocenters. The predicted molar refractivity (Wildman–Crippen MR) is 130 cm³/mol. The molecule has 32 heavy (non-hydrogen) atoms. The van der Waals surface area contributed by atoms with Crippen molar-refractivity contribution in [2.45, 2.75) is 59.3 Å². The highest BCUT2D eigenvalue weighted by Crippen LogP contribution is 2.28. The molecule has 2 amide bonds. The molecular formula is C26H36N4O2. The number of hydrogen-bond donors (Lipinski definition) is 1. The van der Waals surface area contributed by atoms with Crippen LogP contribution in [0.1, 0.15) is 57.9 Å².